The summed E-state index contributed by atoms with van der Waals surface area (Å²) in [6, 6.07) is 2.15. The molecule has 0 saturated carbocycles. The van der Waals surface area contributed by atoms with Crippen LogP contribution in [0.15, 0.2) is 6.33 Å². The maximum absolute atomic E-state index is 4.47. The first-order valence-corrected chi connectivity index (χ1v) is 8.54. The van der Waals surface area contributed by atoms with E-state index >= 15 is 0 Å². The molecule has 2 fully saturated rings. The maximum atomic E-state index is 4.47. The highest BCUT2D eigenvalue weighted by Crippen LogP contribution is 2.39. The number of nitrogens with one attached hydrogen (secondary N) is 1. The van der Waals surface area contributed by atoms with E-state index in [-0.39, 0.29) is 0 Å². The van der Waals surface area contributed by atoms with E-state index in [1.54, 1.807) is 6.33 Å². The molecule has 2 bridgehead atoms. The van der Waals surface area contributed by atoms with Gasteiger partial charge in [-0.15, -0.1) is 0 Å². The lowest BCUT2D eigenvalue weighted by Gasteiger charge is -2.40. The van der Waals surface area contributed by atoms with Gasteiger partial charge in [0.05, 0.1) is 0 Å². The fraction of sp³-hybridized carbons (Fsp3) is 0.875. The summed E-state index contributed by atoms with van der Waals surface area (Å²) in [5.41, 5.74) is 0. The molecular weight excluding hydrogens is 262 g/mol. The van der Waals surface area contributed by atoms with E-state index in [4.69, 9.17) is 0 Å². The standard InChI is InChI=1S/C16H29N5/c1-4-17-15(10-16-18-11-19-21(16)5-2)12-8-13-6-7-14(9-12)20(13)3/h11-15,17H,4-10H2,1-3H3. The van der Waals surface area contributed by atoms with E-state index in [1.807, 2.05) is 4.68 Å². The molecule has 2 aliphatic rings. The van der Waals surface area contributed by atoms with Crippen LogP contribution in [0.25, 0.3) is 0 Å². The van der Waals surface area contributed by atoms with E-state index < -0.39 is 0 Å². The largest absolute Gasteiger partial charge is 0.314 e. The van der Waals surface area contributed by atoms with Crippen LogP contribution in [-0.4, -0.2) is 51.4 Å². The summed E-state index contributed by atoms with van der Waals surface area (Å²) in [6.45, 7) is 6.29. The van der Waals surface area contributed by atoms with Gasteiger partial charge in [-0.3, -0.25) is 4.68 Å². The Kier molecular flexibility index (Phi) is 4.60. The first kappa shape index (κ1) is 15.0. The second-order valence-electron chi connectivity index (χ2n) is 6.64. The summed E-state index contributed by atoms with van der Waals surface area (Å²) in [5.74, 6) is 1.91. The Hall–Kier alpha value is -0.940. The molecule has 2 aliphatic heterocycles. The quantitative estimate of drug-likeness (QED) is 0.866. The lowest BCUT2D eigenvalue weighted by molar-refractivity contribution is 0.112. The lowest BCUT2D eigenvalue weighted by atomic mass is 9.83. The second-order valence-corrected chi connectivity index (χ2v) is 6.64. The van der Waals surface area contributed by atoms with Crippen LogP contribution in [0.2, 0.25) is 0 Å². The topological polar surface area (TPSA) is 46.0 Å². The van der Waals surface area contributed by atoms with Crippen molar-refractivity contribution in [2.45, 2.75) is 70.6 Å². The van der Waals surface area contributed by atoms with Crippen LogP contribution < -0.4 is 5.32 Å². The number of hydrogen-bond acceptors (Lipinski definition) is 4. The molecule has 1 aromatic rings. The fourth-order valence-corrected chi connectivity index (χ4v) is 4.36. The molecular formula is C16H29N5. The molecule has 2 saturated heterocycles. The number of likely N-dealkylation sites (N-methyl/N-ethyl adjacent to an activating group) is 1. The first-order chi connectivity index (χ1) is 10.2. The number of fused-ring (bicyclic) bond motifs is 2. The third-order valence-electron chi connectivity index (χ3n) is 5.57. The summed E-state index contributed by atoms with van der Waals surface area (Å²) in [6.07, 6.45) is 8.16. The molecule has 3 heterocycles. The van der Waals surface area contributed by atoms with Gasteiger partial charge in [0.2, 0.25) is 0 Å². The molecule has 0 amide bonds. The average molecular weight is 291 g/mol. The smallest absolute Gasteiger partial charge is 0.138 e. The first-order valence-electron chi connectivity index (χ1n) is 8.54. The normalized spacial score (nSPS) is 30.7. The van der Waals surface area contributed by atoms with E-state index in [9.17, 15) is 0 Å². The molecule has 1 aromatic heterocycles. The molecule has 3 atom stereocenters. The van der Waals surface area contributed by atoms with Crippen molar-refractivity contribution in [1.82, 2.24) is 25.0 Å². The monoisotopic (exact) mass is 291 g/mol. The highest BCUT2D eigenvalue weighted by Gasteiger charge is 2.40. The van der Waals surface area contributed by atoms with E-state index in [1.165, 1.54) is 25.7 Å². The number of nitrogens with zero attached hydrogens (tertiary/aromatic N) is 4. The van der Waals surface area contributed by atoms with E-state index in [0.29, 0.717) is 6.04 Å². The molecule has 5 heteroatoms. The molecule has 1 N–H and O–H groups in total. The molecule has 0 aliphatic carbocycles. The van der Waals surface area contributed by atoms with Crippen molar-refractivity contribution >= 4 is 0 Å². The van der Waals surface area contributed by atoms with Crippen LogP contribution in [-0.2, 0) is 13.0 Å². The van der Waals surface area contributed by atoms with Gasteiger partial charge in [0.1, 0.15) is 12.2 Å². The summed E-state index contributed by atoms with van der Waals surface area (Å²) < 4.78 is 2.04. The molecule has 0 spiro atoms. The fourth-order valence-electron chi connectivity index (χ4n) is 4.36. The van der Waals surface area contributed by atoms with E-state index in [2.05, 4.69) is 41.2 Å². The minimum absolute atomic E-state index is 0.543. The molecule has 3 rings (SSSR count). The summed E-state index contributed by atoms with van der Waals surface area (Å²) in [7, 11) is 2.31. The number of aryl methyl sites for hydroxylation is 1. The van der Waals surface area contributed by atoms with Gasteiger partial charge in [-0.25, -0.2) is 4.98 Å². The van der Waals surface area contributed by atoms with Crippen molar-refractivity contribution in [3.05, 3.63) is 12.2 Å². The number of hydrogen-bond donors (Lipinski definition) is 1. The van der Waals surface area contributed by atoms with Crippen LogP contribution in [0.4, 0.5) is 0 Å². The van der Waals surface area contributed by atoms with Crippen molar-refractivity contribution in [2.75, 3.05) is 13.6 Å². The van der Waals surface area contributed by atoms with Gasteiger partial charge in [0.15, 0.2) is 0 Å². The molecule has 0 radical (unpaired) electrons. The van der Waals surface area contributed by atoms with Gasteiger partial charge in [0, 0.05) is 31.1 Å². The zero-order valence-corrected chi connectivity index (χ0v) is 13.6. The highest BCUT2D eigenvalue weighted by molar-refractivity contribution is 4.99. The summed E-state index contributed by atoms with van der Waals surface area (Å²) in [5, 5.41) is 8.04. The Bertz CT molecular complexity index is 443. The van der Waals surface area contributed by atoms with Crippen LogP contribution in [0.1, 0.15) is 45.4 Å². The number of piperidine rings is 1. The third kappa shape index (κ3) is 2.99. The lowest BCUT2D eigenvalue weighted by Crippen LogP contribution is -2.48. The van der Waals surface area contributed by atoms with Gasteiger partial charge in [-0.05, 0) is 52.1 Å². The Morgan fingerprint density at radius 2 is 2.00 bits per heavy atom. The molecule has 118 valence electrons. The maximum Gasteiger partial charge on any atom is 0.138 e. The van der Waals surface area contributed by atoms with Crippen LogP contribution in [0, 0.1) is 5.92 Å². The predicted octanol–water partition coefficient (Wildman–Crippen LogP) is 1.69. The highest BCUT2D eigenvalue weighted by atomic mass is 15.3. The van der Waals surface area contributed by atoms with Gasteiger partial charge < -0.3 is 10.2 Å². The summed E-state index contributed by atoms with van der Waals surface area (Å²) in [4.78, 5) is 7.09. The zero-order chi connectivity index (χ0) is 14.8. The summed E-state index contributed by atoms with van der Waals surface area (Å²) >= 11 is 0. The van der Waals surface area contributed by atoms with Crippen molar-refractivity contribution in [3.63, 3.8) is 0 Å². The molecule has 3 unspecified atom stereocenters. The van der Waals surface area contributed by atoms with Crippen molar-refractivity contribution in [3.8, 4) is 0 Å². The number of rotatable bonds is 6. The minimum atomic E-state index is 0.543. The molecule has 0 aromatic carbocycles. The SMILES string of the molecule is CCNC(Cc1ncnn1CC)C1CC2CCC(C1)N2C. The molecule has 21 heavy (non-hydrogen) atoms. The van der Waals surface area contributed by atoms with Gasteiger partial charge in [-0.1, -0.05) is 6.92 Å². The van der Waals surface area contributed by atoms with E-state index in [0.717, 1.165) is 43.3 Å². The Morgan fingerprint density at radius 3 is 2.62 bits per heavy atom. The van der Waals surface area contributed by atoms with Crippen molar-refractivity contribution in [1.29, 1.82) is 0 Å². The van der Waals surface area contributed by atoms with Crippen molar-refractivity contribution in [2.24, 2.45) is 5.92 Å². The second kappa shape index (κ2) is 6.44. The molecule has 5 nitrogen and oxygen atoms in total. The third-order valence-corrected chi connectivity index (χ3v) is 5.57. The van der Waals surface area contributed by atoms with Gasteiger partial charge >= 0.3 is 0 Å². The Balaban J connectivity index is 1.70. The average Bonchev–Trinajstić information content (AvgIpc) is 2.99. The Labute approximate surface area is 128 Å². The minimum Gasteiger partial charge on any atom is -0.314 e. The van der Waals surface area contributed by atoms with Crippen molar-refractivity contribution < 1.29 is 0 Å². The van der Waals surface area contributed by atoms with Gasteiger partial charge in [0.25, 0.3) is 0 Å². The predicted molar refractivity (Wildman–Crippen MR) is 84.2 cm³/mol. The van der Waals surface area contributed by atoms with Crippen LogP contribution in [0.3, 0.4) is 0 Å². The van der Waals surface area contributed by atoms with Gasteiger partial charge in [-0.2, -0.15) is 5.10 Å². The van der Waals surface area contributed by atoms with Crippen LogP contribution >= 0.6 is 0 Å². The zero-order valence-electron chi connectivity index (χ0n) is 13.6. The number of aromatic nitrogens is 3. The van der Waals surface area contributed by atoms with Crippen LogP contribution in [0.5, 0.6) is 0 Å². The Morgan fingerprint density at radius 1 is 1.29 bits per heavy atom.